The minimum atomic E-state index is -1.31. The number of nitrogens with zero attached hydrogens (tertiary/aromatic N) is 2. The Balaban J connectivity index is 2.05. The number of ether oxygens (including phenoxy) is 1. The highest BCUT2D eigenvalue weighted by Crippen LogP contribution is 2.35. The summed E-state index contributed by atoms with van der Waals surface area (Å²) < 4.78 is 12.0. The molecule has 8 nitrogen and oxygen atoms in total. The molecule has 0 aliphatic carbocycles. The molecule has 1 aliphatic rings. The fraction of sp³-hybridized carbons (Fsp3) is 0.556. The molecule has 1 aromatic heterocycles. The van der Waals surface area contributed by atoms with Gasteiger partial charge in [0.15, 0.2) is 7.50 Å². The van der Waals surface area contributed by atoms with Crippen LogP contribution in [0, 0.1) is 0 Å². The predicted octanol–water partition coefficient (Wildman–Crippen LogP) is -0.394. The van der Waals surface area contributed by atoms with Crippen LogP contribution >= 0.6 is 19.7 Å². The summed E-state index contributed by atoms with van der Waals surface area (Å²) in [5.41, 5.74) is 10.3. The van der Waals surface area contributed by atoms with Crippen LogP contribution in [0.3, 0.4) is 0 Å². The normalized spacial score (nSPS) is 28.5. The first kappa shape index (κ1) is 14.7. The van der Waals surface area contributed by atoms with Crippen molar-refractivity contribution in [2.75, 3.05) is 12.3 Å². The maximum Gasteiger partial charge on any atom is 0.351 e. The van der Waals surface area contributed by atoms with Crippen molar-refractivity contribution in [1.82, 2.24) is 9.55 Å². The van der Waals surface area contributed by atoms with Crippen LogP contribution in [-0.4, -0.2) is 33.5 Å². The summed E-state index contributed by atoms with van der Waals surface area (Å²) >= 11 is 3.92. The summed E-state index contributed by atoms with van der Waals surface area (Å²) in [6, 6.07) is 1.49. The van der Waals surface area contributed by atoms with Gasteiger partial charge >= 0.3 is 5.69 Å². The van der Waals surface area contributed by atoms with E-state index in [4.69, 9.17) is 20.5 Å². The number of nitrogen functional groups attached to an aromatic ring is 1. The van der Waals surface area contributed by atoms with E-state index in [1.807, 2.05) is 0 Å². The van der Waals surface area contributed by atoms with Gasteiger partial charge in [0, 0.05) is 12.6 Å². The highest BCUT2D eigenvalue weighted by atomic mass is 32.7. The molecule has 10 heteroatoms. The van der Waals surface area contributed by atoms with Gasteiger partial charge in [-0.2, -0.15) is 4.98 Å². The van der Waals surface area contributed by atoms with Crippen molar-refractivity contribution in [2.24, 2.45) is 5.50 Å². The van der Waals surface area contributed by atoms with Gasteiger partial charge in [-0.1, -0.05) is 0 Å². The largest absolute Gasteiger partial charge is 0.390 e. The first-order valence-electron chi connectivity index (χ1n) is 5.52. The molecule has 0 saturated carbocycles. The number of rotatable bonds is 4. The van der Waals surface area contributed by atoms with Crippen molar-refractivity contribution in [3.63, 3.8) is 0 Å². The van der Waals surface area contributed by atoms with Gasteiger partial charge in [-0.25, -0.2) is 4.79 Å². The van der Waals surface area contributed by atoms with E-state index in [0.29, 0.717) is 0 Å². The molecule has 1 aromatic rings. The maximum absolute atomic E-state index is 11.7. The van der Waals surface area contributed by atoms with E-state index >= 15 is 0 Å². The minimum absolute atomic E-state index is 0.126. The van der Waals surface area contributed by atoms with Crippen LogP contribution in [0.15, 0.2) is 17.1 Å². The van der Waals surface area contributed by atoms with Crippen LogP contribution in [0.25, 0.3) is 0 Å². The predicted molar refractivity (Wildman–Crippen MR) is 73.5 cm³/mol. The Morgan fingerprint density at radius 1 is 1.74 bits per heavy atom. The summed E-state index contributed by atoms with van der Waals surface area (Å²) in [7, 11) is -1.31. The fourth-order valence-electron chi connectivity index (χ4n) is 1.83. The lowest BCUT2D eigenvalue weighted by atomic mass is 10.2. The molecule has 2 rings (SSSR count). The molecule has 1 fully saturated rings. The first-order valence-corrected chi connectivity index (χ1v) is 8.00. The minimum Gasteiger partial charge on any atom is -0.390 e. The molecule has 0 spiro atoms. The summed E-state index contributed by atoms with van der Waals surface area (Å²) in [5, 5.41) is 9.86. The zero-order valence-corrected chi connectivity index (χ0v) is 11.7. The molecule has 2 heterocycles. The van der Waals surface area contributed by atoms with Crippen LogP contribution in [0.1, 0.15) is 12.6 Å². The highest BCUT2D eigenvalue weighted by molar-refractivity contribution is 8.42. The van der Waals surface area contributed by atoms with E-state index in [9.17, 15) is 9.90 Å². The standard InChI is InChI=1S/C9H15N4O4PS/c10-7-1-2-13(9(15)12-7)8-3-5(14)6(17-8)4-16-18(11)19/h1-2,5-6,8,14,19H,3-4,11H2,(H2,10,12,15)/t5-,6+,8+,18?/m0/s1. The van der Waals surface area contributed by atoms with Crippen molar-refractivity contribution in [2.45, 2.75) is 24.9 Å². The maximum atomic E-state index is 11.7. The number of thiol groups is 1. The number of anilines is 1. The van der Waals surface area contributed by atoms with Gasteiger partial charge in [0.2, 0.25) is 0 Å². The van der Waals surface area contributed by atoms with Gasteiger partial charge in [-0.15, -0.1) is 12.2 Å². The first-order chi connectivity index (χ1) is 8.97. The Morgan fingerprint density at radius 3 is 3.11 bits per heavy atom. The molecule has 1 aliphatic heterocycles. The smallest absolute Gasteiger partial charge is 0.351 e. The average molecular weight is 306 g/mol. The quantitative estimate of drug-likeness (QED) is 0.441. The number of hydrogen-bond acceptors (Lipinski definition) is 8. The molecule has 0 radical (unpaired) electrons. The van der Waals surface area contributed by atoms with Gasteiger partial charge in [0.05, 0.1) is 12.7 Å². The second kappa shape index (κ2) is 6.17. The highest BCUT2D eigenvalue weighted by Gasteiger charge is 2.35. The number of aliphatic hydroxyl groups excluding tert-OH is 1. The van der Waals surface area contributed by atoms with Crippen molar-refractivity contribution in [3.05, 3.63) is 22.7 Å². The second-order valence-corrected chi connectivity index (χ2v) is 6.12. The Kier molecular flexibility index (Phi) is 4.77. The summed E-state index contributed by atoms with van der Waals surface area (Å²) in [5.74, 6) is 0.142. The summed E-state index contributed by atoms with van der Waals surface area (Å²) in [4.78, 5) is 15.3. The molecule has 0 amide bonds. The molecule has 0 bridgehead atoms. The van der Waals surface area contributed by atoms with E-state index in [2.05, 4.69) is 17.2 Å². The van der Waals surface area contributed by atoms with Crippen LogP contribution in [0.4, 0.5) is 5.82 Å². The Labute approximate surface area is 115 Å². The SMILES string of the molecule is Nc1ccn([C@H]2C[C@H](O)[C@@H](COP(N)S)O2)c(=O)n1. The Morgan fingerprint density at radius 2 is 2.47 bits per heavy atom. The van der Waals surface area contributed by atoms with Crippen molar-refractivity contribution < 1.29 is 14.4 Å². The molecule has 5 N–H and O–H groups in total. The molecule has 1 unspecified atom stereocenters. The van der Waals surface area contributed by atoms with Gasteiger partial charge in [-0.05, 0) is 6.07 Å². The number of hydrogen-bond donors (Lipinski definition) is 4. The fourth-order valence-corrected chi connectivity index (χ4v) is 2.33. The number of aromatic nitrogens is 2. The van der Waals surface area contributed by atoms with E-state index in [1.165, 1.54) is 16.8 Å². The Bertz CT molecular complexity index is 499. The van der Waals surface area contributed by atoms with Gasteiger partial charge in [0.25, 0.3) is 0 Å². The lowest BCUT2D eigenvalue weighted by Crippen LogP contribution is -2.28. The molecule has 106 valence electrons. The van der Waals surface area contributed by atoms with E-state index in [1.54, 1.807) is 0 Å². The number of nitrogens with two attached hydrogens (primary N) is 2. The lowest BCUT2D eigenvalue weighted by Gasteiger charge is -2.16. The average Bonchev–Trinajstić information content (AvgIpc) is 2.67. The van der Waals surface area contributed by atoms with E-state index in [-0.39, 0.29) is 18.8 Å². The molecule has 1 saturated heterocycles. The molecule has 19 heavy (non-hydrogen) atoms. The van der Waals surface area contributed by atoms with Gasteiger partial charge < -0.3 is 20.1 Å². The van der Waals surface area contributed by atoms with E-state index in [0.717, 1.165) is 0 Å². The third-order valence-corrected chi connectivity index (χ3v) is 3.50. The topological polar surface area (TPSA) is 126 Å². The monoisotopic (exact) mass is 306 g/mol. The van der Waals surface area contributed by atoms with Gasteiger partial charge in [0.1, 0.15) is 18.1 Å². The van der Waals surface area contributed by atoms with Crippen LogP contribution in [0.2, 0.25) is 0 Å². The molecular formula is C9H15N4O4PS. The zero-order chi connectivity index (χ0) is 14.0. The van der Waals surface area contributed by atoms with Crippen molar-refractivity contribution in [3.8, 4) is 0 Å². The molecule has 0 aromatic carbocycles. The van der Waals surface area contributed by atoms with Crippen molar-refractivity contribution in [1.29, 1.82) is 0 Å². The van der Waals surface area contributed by atoms with Crippen molar-refractivity contribution >= 4 is 25.6 Å². The zero-order valence-electron chi connectivity index (χ0n) is 9.92. The summed E-state index contributed by atoms with van der Waals surface area (Å²) in [6.07, 6.45) is -0.116. The molecular weight excluding hydrogens is 291 g/mol. The number of aliphatic hydroxyl groups is 1. The third-order valence-electron chi connectivity index (χ3n) is 2.74. The van der Waals surface area contributed by atoms with E-state index < -0.39 is 31.6 Å². The summed E-state index contributed by atoms with van der Waals surface area (Å²) in [6.45, 7) is 0.126. The van der Waals surface area contributed by atoms with Gasteiger partial charge in [-0.3, -0.25) is 10.1 Å². The van der Waals surface area contributed by atoms with Crippen LogP contribution < -0.4 is 16.9 Å². The molecule has 4 atom stereocenters. The third kappa shape index (κ3) is 3.65. The van der Waals surface area contributed by atoms with Crippen LogP contribution in [0.5, 0.6) is 0 Å². The Hall–Kier alpha value is -0.700. The second-order valence-electron chi connectivity index (χ2n) is 4.07. The van der Waals surface area contributed by atoms with Crippen LogP contribution in [-0.2, 0) is 9.26 Å². The lowest BCUT2D eigenvalue weighted by molar-refractivity contribution is -0.0388.